The minimum Gasteiger partial charge on any atom is -0.351 e. The molecule has 0 saturated carbocycles. The minimum atomic E-state index is -0.805. The highest BCUT2D eigenvalue weighted by molar-refractivity contribution is 5.91. The number of benzene rings is 2. The van der Waals surface area contributed by atoms with E-state index in [1.54, 1.807) is 45.0 Å². The molecule has 0 bridgehead atoms. The number of aromatic nitrogens is 3. The van der Waals surface area contributed by atoms with Gasteiger partial charge in [-0.25, -0.2) is 13.8 Å². The second-order valence-corrected chi connectivity index (χ2v) is 6.60. The Labute approximate surface area is 166 Å². The van der Waals surface area contributed by atoms with Gasteiger partial charge in [0, 0.05) is 12.6 Å². The fourth-order valence-corrected chi connectivity index (χ4v) is 2.98. The number of nitrogens with zero attached hydrogens (tertiary/aromatic N) is 3. The van der Waals surface area contributed by atoms with Crippen LogP contribution in [0.3, 0.4) is 0 Å². The predicted octanol–water partition coefficient (Wildman–Crippen LogP) is 2.20. The Kier molecular flexibility index (Phi) is 5.72. The number of carbonyl (C=O) groups is 1. The molecule has 150 valence electrons. The van der Waals surface area contributed by atoms with Crippen LogP contribution in [-0.4, -0.2) is 26.8 Å². The maximum absolute atomic E-state index is 14.1. The van der Waals surface area contributed by atoms with Crippen LogP contribution < -0.4 is 16.6 Å². The van der Waals surface area contributed by atoms with E-state index in [1.165, 1.54) is 12.1 Å². The van der Waals surface area contributed by atoms with Crippen LogP contribution in [0.4, 0.5) is 4.39 Å². The first-order valence-electron chi connectivity index (χ1n) is 9.20. The van der Waals surface area contributed by atoms with Gasteiger partial charge in [-0.1, -0.05) is 36.4 Å². The molecule has 1 atom stereocenters. The number of rotatable bonds is 5. The van der Waals surface area contributed by atoms with Crippen molar-refractivity contribution in [2.24, 2.45) is 0 Å². The van der Waals surface area contributed by atoms with Crippen molar-refractivity contribution in [1.82, 2.24) is 19.7 Å². The van der Waals surface area contributed by atoms with Crippen molar-refractivity contribution in [2.45, 2.75) is 26.8 Å². The summed E-state index contributed by atoms with van der Waals surface area (Å²) in [7, 11) is 0. The lowest BCUT2D eigenvalue weighted by molar-refractivity contribution is 0.0946. The monoisotopic (exact) mass is 396 g/mol. The number of amides is 1. The van der Waals surface area contributed by atoms with Crippen molar-refractivity contribution in [2.75, 3.05) is 6.54 Å². The largest absolute Gasteiger partial charge is 0.352 e. The van der Waals surface area contributed by atoms with Gasteiger partial charge in [0.2, 0.25) is 5.69 Å². The van der Waals surface area contributed by atoms with Gasteiger partial charge >= 0.3 is 5.69 Å². The normalized spacial score (nSPS) is 11.9. The van der Waals surface area contributed by atoms with E-state index in [0.717, 1.165) is 15.3 Å². The number of hydrogen-bond acceptors (Lipinski definition) is 4. The summed E-state index contributed by atoms with van der Waals surface area (Å²) in [6.45, 7) is 5.26. The fourth-order valence-electron chi connectivity index (χ4n) is 2.98. The molecule has 1 unspecified atom stereocenters. The Bertz CT molecular complexity index is 1170. The third-order valence-corrected chi connectivity index (χ3v) is 4.63. The van der Waals surface area contributed by atoms with Gasteiger partial charge in [0.1, 0.15) is 5.82 Å². The van der Waals surface area contributed by atoms with E-state index in [1.807, 2.05) is 6.07 Å². The van der Waals surface area contributed by atoms with Crippen LogP contribution in [0, 0.1) is 12.7 Å². The van der Waals surface area contributed by atoms with Gasteiger partial charge in [0.05, 0.1) is 11.7 Å². The molecule has 0 radical (unpaired) electrons. The third kappa shape index (κ3) is 3.87. The summed E-state index contributed by atoms with van der Waals surface area (Å²) in [5.41, 5.74) is -0.769. The van der Waals surface area contributed by atoms with E-state index in [2.05, 4.69) is 10.4 Å². The van der Waals surface area contributed by atoms with Crippen molar-refractivity contribution in [3.8, 4) is 5.69 Å². The summed E-state index contributed by atoms with van der Waals surface area (Å²) >= 11 is 0. The van der Waals surface area contributed by atoms with Gasteiger partial charge in [-0.2, -0.15) is 9.78 Å². The molecule has 3 rings (SSSR count). The highest BCUT2D eigenvalue weighted by Crippen LogP contribution is 2.15. The van der Waals surface area contributed by atoms with Crippen LogP contribution in [0.2, 0.25) is 0 Å². The van der Waals surface area contributed by atoms with Crippen LogP contribution in [-0.2, 0) is 0 Å². The highest BCUT2D eigenvalue weighted by Gasteiger charge is 2.23. The molecule has 2 aromatic carbocycles. The molecule has 8 heteroatoms. The number of aryl methyl sites for hydroxylation is 1. The van der Waals surface area contributed by atoms with Crippen molar-refractivity contribution >= 4 is 5.91 Å². The summed E-state index contributed by atoms with van der Waals surface area (Å²) in [5.74, 6) is -1.22. The summed E-state index contributed by atoms with van der Waals surface area (Å²) in [4.78, 5) is 38.5. The second kappa shape index (κ2) is 8.22. The first-order chi connectivity index (χ1) is 13.8. The summed E-state index contributed by atoms with van der Waals surface area (Å²) in [6.07, 6.45) is 0. The standard InChI is InChI=1S/C21H21FN4O3/c1-4-23-19(27)18-20(28)25(14(3)15-8-6-5-7-9-15)21(29)26(24-18)16-11-10-13(2)17(22)12-16/h5-12,14H,4H2,1-3H3,(H,23,27). The van der Waals surface area contributed by atoms with Gasteiger partial charge in [-0.05, 0) is 38.0 Å². The molecular weight excluding hydrogens is 375 g/mol. The van der Waals surface area contributed by atoms with Crippen LogP contribution in [0.1, 0.15) is 41.5 Å². The summed E-state index contributed by atoms with van der Waals surface area (Å²) < 4.78 is 15.9. The Morgan fingerprint density at radius 3 is 2.48 bits per heavy atom. The predicted molar refractivity (Wildman–Crippen MR) is 107 cm³/mol. The molecule has 0 saturated heterocycles. The van der Waals surface area contributed by atoms with E-state index < -0.39 is 34.7 Å². The van der Waals surface area contributed by atoms with Gasteiger partial charge in [-0.15, -0.1) is 0 Å². The lowest BCUT2D eigenvalue weighted by atomic mass is 10.1. The molecule has 1 heterocycles. The average Bonchev–Trinajstić information content (AvgIpc) is 2.71. The zero-order chi connectivity index (χ0) is 21.1. The zero-order valence-corrected chi connectivity index (χ0v) is 16.3. The lowest BCUT2D eigenvalue weighted by Crippen LogP contribution is -2.47. The number of hydrogen-bond donors (Lipinski definition) is 1. The maximum Gasteiger partial charge on any atom is 0.352 e. The molecular formula is C21H21FN4O3. The van der Waals surface area contributed by atoms with Crippen molar-refractivity contribution < 1.29 is 9.18 Å². The molecule has 0 aliphatic carbocycles. The lowest BCUT2D eigenvalue weighted by Gasteiger charge is -2.17. The van der Waals surface area contributed by atoms with Crippen LogP contribution >= 0.6 is 0 Å². The maximum atomic E-state index is 14.1. The molecule has 0 aliphatic rings. The Morgan fingerprint density at radius 1 is 1.17 bits per heavy atom. The molecule has 3 aromatic rings. The minimum absolute atomic E-state index is 0.123. The fraction of sp³-hybridized carbons (Fsp3) is 0.238. The quantitative estimate of drug-likeness (QED) is 0.716. The molecule has 7 nitrogen and oxygen atoms in total. The molecule has 1 amide bonds. The summed E-state index contributed by atoms with van der Waals surface area (Å²) in [5, 5.41) is 6.48. The van der Waals surface area contributed by atoms with E-state index in [-0.39, 0.29) is 12.2 Å². The SMILES string of the molecule is CCNC(=O)c1nn(-c2ccc(C)c(F)c2)c(=O)n(C(C)c2ccccc2)c1=O. The topological polar surface area (TPSA) is 86.0 Å². The average molecular weight is 396 g/mol. The number of nitrogens with one attached hydrogen (secondary N) is 1. The van der Waals surface area contributed by atoms with E-state index >= 15 is 0 Å². The van der Waals surface area contributed by atoms with Crippen molar-refractivity contribution in [3.63, 3.8) is 0 Å². The Hall–Kier alpha value is -3.55. The van der Waals surface area contributed by atoms with Gasteiger partial charge < -0.3 is 5.32 Å². The molecule has 1 aromatic heterocycles. The zero-order valence-electron chi connectivity index (χ0n) is 16.3. The smallest absolute Gasteiger partial charge is 0.351 e. The molecule has 0 aliphatic heterocycles. The van der Waals surface area contributed by atoms with Crippen molar-refractivity contribution in [1.29, 1.82) is 0 Å². The molecule has 29 heavy (non-hydrogen) atoms. The second-order valence-electron chi connectivity index (χ2n) is 6.60. The number of halogens is 1. The molecule has 0 spiro atoms. The van der Waals surface area contributed by atoms with Gasteiger partial charge in [0.25, 0.3) is 11.5 Å². The van der Waals surface area contributed by atoms with Crippen LogP contribution in [0.5, 0.6) is 0 Å². The first kappa shape index (κ1) is 20.2. The third-order valence-electron chi connectivity index (χ3n) is 4.63. The first-order valence-corrected chi connectivity index (χ1v) is 9.20. The number of carbonyl (C=O) groups excluding carboxylic acids is 1. The van der Waals surface area contributed by atoms with Crippen LogP contribution in [0.25, 0.3) is 5.69 Å². The Balaban J connectivity index is 2.30. The van der Waals surface area contributed by atoms with Gasteiger partial charge in [-0.3, -0.25) is 9.59 Å². The van der Waals surface area contributed by atoms with Gasteiger partial charge in [0.15, 0.2) is 0 Å². The molecule has 0 fully saturated rings. The Morgan fingerprint density at radius 2 is 1.86 bits per heavy atom. The van der Waals surface area contributed by atoms with Crippen molar-refractivity contribution in [3.05, 3.63) is 92.0 Å². The van der Waals surface area contributed by atoms with E-state index in [4.69, 9.17) is 0 Å². The van der Waals surface area contributed by atoms with E-state index in [9.17, 15) is 18.8 Å². The van der Waals surface area contributed by atoms with E-state index in [0.29, 0.717) is 11.1 Å². The summed E-state index contributed by atoms with van der Waals surface area (Å²) in [6, 6.07) is 12.4. The van der Waals surface area contributed by atoms with Crippen LogP contribution in [0.15, 0.2) is 58.1 Å². The molecule has 1 N–H and O–H groups in total. The highest BCUT2D eigenvalue weighted by atomic mass is 19.1.